The normalized spacial score (nSPS) is 18.6. The molecule has 2 aliphatic rings. The van der Waals surface area contributed by atoms with Gasteiger partial charge >= 0.3 is 0 Å². The zero-order valence-corrected chi connectivity index (χ0v) is 21.3. The third-order valence-electron chi connectivity index (χ3n) is 6.29. The Morgan fingerprint density at radius 2 is 1.94 bits per heavy atom. The van der Waals surface area contributed by atoms with Crippen LogP contribution in [0.15, 0.2) is 28.0 Å². The number of aromatic nitrogens is 2. The number of amides is 1. The van der Waals surface area contributed by atoms with Gasteiger partial charge in [-0.25, -0.2) is 4.98 Å². The van der Waals surface area contributed by atoms with Crippen molar-refractivity contribution >= 4 is 51.7 Å². The summed E-state index contributed by atoms with van der Waals surface area (Å²) in [6.45, 7) is 8.34. The summed E-state index contributed by atoms with van der Waals surface area (Å²) in [5.74, 6) is 0.456. The Balaban J connectivity index is 1.74. The first-order chi connectivity index (χ1) is 16.4. The second-order valence-corrected chi connectivity index (χ2v) is 10.3. The highest BCUT2D eigenvalue weighted by molar-refractivity contribution is 8.26. The van der Waals surface area contributed by atoms with Crippen LogP contribution in [0.2, 0.25) is 0 Å². The van der Waals surface area contributed by atoms with Gasteiger partial charge in [0.1, 0.15) is 15.8 Å². The van der Waals surface area contributed by atoms with Gasteiger partial charge in [-0.2, -0.15) is 0 Å². The fourth-order valence-electron chi connectivity index (χ4n) is 4.34. The number of carbonyl (C=O) groups excluding carboxylic acids is 1. The van der Waals surface area contributed by atoms with Gasteiger partial charge in [-0.3, -0.25) is 23.8 Å². The number of rotatable bonds is 8. The van der Waals surface area contributed by atoms with Crippen LogP contribution in [0.5, 0.6) is 0 Å². The van der Waals surface area contributed by atoms with Crippen molar-refractivity contribution in [1.82, 2.24) is 19.2 Å². The second kappa shape index (κ2) is 11.0. The van der Waals surface area contributed by atoms with E-state index in [1.165, 1.54) is 11.8 Å². The molecule has 0 radical (unpaired) electrons. The first-order valence-corrected chi connectivity index (χ1v) is 13.0. The fraction of sp³-hybridized carbons (Fsp3) is 0.500. The number of thiocarbonyl (C=S) groups is 1. The molecule has 0 aliphatic carbocycles. The van der Waals surface area contributed by atoms with Crippen LogP contribution in [0.25, 0.3) is 11.7 Å². The molecule has 10 heteroatoms. The highest BCUT2D eigenvalue weighted by Crippen LogP contribution is 2.34. The molecule has 2 aromatic rings. The van der Waals surface area contributed by atoms with Gasteiger partial charge < -0.3 is 10.0 Å². The van der Waals surface area contributed by atoms with E-state index < -0.39 is 0 Å². The standard InChI is InChI=1S/C24H31N5O3S2/c1-3-4-5-8-29-23(32)19(34-24(29)33)16-18-21(27-12-10-26(11-13-27)14-15-30)25-20-17(2)7-6-9-28(20)22(18)31/h6-7,9,16,30H,3-5,8,10-15H2,1-2H3/b19-16-. The van der Waals surface area contributed by atoms with Gasteiger partial charge in [-0.1, -0.05) is 49.8 Å². The van der Waals surface area contributed by atoms with Crippen LogP contribution in [0.3, 0.4) is 0 Å². The number of aliphatic hydroxyl groups excluding tert-OH is 1. The smallest absolute Gasteiger partial charge is 0.267 e. The molecule has 1 amide bonds. The Hall–Kier alpha value is -2.27. The van der Waals surface area contributed by atoms with Crippen molar-refractivity contribution in [2.75, 3.05) is 50.8 Å². The minimum Gasteiger partial charge on any atom is -0.395 e. The molecule has 2 saturated heterocycles. The van der Waals surface area contributed by atoms with Crippen LogP contribution >= 0.6 is 24.0 Å². The zero-order valence-electron chi connectivity index (χ0n) is 19.7. The Bertz CT molecular complexity index is 1170. The molecule has 0 unspecified atom stereocenters. The minimum atomic E-state index is -0.197. The van der Waals surface area contributed by atoms with Crippen molar-refractivity contribution in [1.29, 1.82) is 0 Å². The number of nitrogens with zero attached hydrogens (tertiary/aromatic N) is 5. The van der Waals surface area contributed by atoms with E-state index in [2.05, 4.69) is 16.7 Å². The number of hydrogen-bond acceptors (Lipinski definition) is 8. The maximum Gasteiger partial charge on any atom is 0.267 e. The van der Waals surface area contributed by atoms with Crippen molar-refractivity contribution in [2.45, 2.75) is 33.1 Å². The summed E-state index contributed by atoms with van der Waals surface area (Å²) in [6.07, 6.45) is 6.40. The van der Waals surface area contributed by atoms with Crippen LogP contribution < -0.4 is 10.5 Å². The van der Waals surface area contributed by atoms with Crippen LogP contribution in [0.1, 0.15) is 37.3 Å². The second-order valence-electron chi connectivity index (χ2n) is 8.63. The number of aryl methyl sites for hydroxylation is 1. The highest BCUT2D eigenvalue weighted by atomic mass is 32.2. The number of aliphatic hydroxyl groups is 1. The maximum absolute atomic E-state index is 13.6. The summed E-state index contributed by atoms with van der Waals surface area (Å²) in [5.41, 5.74) is 1.74. The largest absolute Gasteiger partial charge is 0.395 e. The average Bonchev–Trinajstić information content (AvgIpc) is 3.09. The molecule has 0 saturated carbocycles. The van der Waals surface area contributed by atoms with Gasteiger partial charge in [0, 0.05) is 45.5 Å². The number of piperazine rings is 1. The van der Waals surface area contributed by atoms with Crippen molar-refractivity contribution in [3.63, 3.8) is 0 Å². The molecule has 0 atom stereocenters. The third kappa shape index (κ3) is 5.05. The SMILES string of the molecule is CCCCCN1C(=O)/C(=C/c2c(N3CCN(CCO)CC3)nc3c(C)cccn3c2=O)SC1=S. The zero-order chi connectivity index (χ0) is 24.2. The number of carbonyl (C=O) groups is 1. The molecular weight excluding hydrogens is 470 g/mol. The summed E-state index contributed by atoms with van der Waals surface area (Å²) in [6, 6.07) is 3.77. The van der Waals surface area contributed by atoms with E-state index >= 15 is 0 Å². The maximum atomic E-state index is 13.6. The quantitative estimate of drug-likeness (QED) is 0.336. The number of pyridine rings is 1. The predicted octanol–water partition coefficient (Wildman–Crippen LogP) is 2.51. The molecular formula is C24H31N5O3S2. The fourth-order valence-corrected chi connectivity index (χ4v) is 5.63. The van der Waals surface area contributed by atoms with Gasteiger partial charge in [0.15, 0.2) is 0 Å². The van der Waals surface area contributed by atoms with Gasteiger partial charge in [-0.05, 0) is 31.1 Å². The number of unbranched alkanes of at least 4 members (excludes halogenated alkanes) is 2. The molecule has 2 fully saturated rings. The molecule has 2 aliphatic heterocycles. The van der Waals surface area contributed by atoms with E-state index in [0.29, 0.717) is 52.4 Å². The topological polar surface area (TPSA) is 81.4 Å². The summed E-state index contributed by atoms with van der Waals surface area (Å²) < 4.78 is 2.09. The monoisotopic (exact) mass is 501 g/mol. The van der Waals surface area contributed by atoms with Crippen molar-refractivity contribution in [3.05, 3.63) is 44.7 Å². The number of hydrogen-bond donors (Lipinski definition) is 1. The number of thioether (sulfide) groups is 1. The Labute approximate surface area is 209 Å². The van der Waals surface area contributed by atoms with Gasteiger partial charge in [0.05, 0.1) is 17.1 Å². The van der Waals surface area contributed by atoms with Gasteiger partial charge in [0.25, 0.3) is 11.5 Å². The van der Waals surface area contributed by atoms with Gasteiger partial charge in [-0.15, -0.1) is 0 Å². The molecule has 4 rings (SSSR count). The van der Waals surface area contributed by atoms with Crippen LogP contribution in [-0.4, -0.2) is 80.4 Å². The van der Waals surface area contributed by atoms with Crippen molar-refractivity contribution < 1.29 is 9.90 Å². The third-order valence-corrected chi connectivity index (χ3v) is 7.66. The van der Waals surface area contributed by atoms with E-state index in [1.54, 1.807) is 21.6 Å². The van der Waals surface area contributed by atoms with E-state index in [1.807, 2.05) is 19.1 Å². The molecule has 8 nitrogen and oxygen atoms in total. The highest BCUT2D eigenvalue weighted by Gasteiger charge is 2.33. The molecule has 0 aromatic carbocycles. The molecule has 2 aromatic heterocycles. The summed E-state index contributed by atoms with van der Waals surface area (Å²) >= 11 is 6.73. The average molecular weight is 502 g/mol. The first-order valence-electron chi connectivity index (χ1n) is 11.8. The number of β-amino-alcohol motifs (C(OH)–C–C–N with tert-alkyl or cyclic N) is 1. The molecule has 1 N–H and O–H groups in total. The molecule has 182 valence electrons. The van der Waals surface area contributed by atoms with Crippen LogP contribution in [-0.2, 0) is 4.79 Å². The Morgan fingerprint density at radius 1 is 1.18 bits per heavy atom. The Kier molecular flexibility index (Phi) is 8.02. The summed E-state index contributed by atoms with van der Waals surface area (Å²) in [7, 11) is 0. The van der Waals surface area contributed by atoms with E-state index in [4.69, 9.17) is 17.2 Å². The number of anilines is 1. The lowest BCUT2D eigenvalue weighted by atomic mass is 10.2. The van der Waals surface area contributed by atoms with Crippen molar-refractivity contribution in [3.8, 4) is 0 Å². The molecule has 4 heterocycles. The first kappa shape index (κ1) is 24.8. The Morgan fingerprint density at radius 3 is 2.65 bits per heavy atom. The van der Waals surface area contributed by atoms with Crippen molar-refractivity contribution in [2.24, 2.45) is 0 Å². The van der Waals surface area contributed by atoms with Crippen LogP contribution in [0.4, 0.5) is 5.82 Å². The summed E-state index contributed by atoms with van der Waals surface area (Å²) in [5, 5.41) is 9.26. The van der Waals surface area contributed by atoms with Gasteiger partial charge in [0.2, 0.25) is 0 Å². The van der Waals surface area contributed by atoms with E-state index in [0.717, 1.165) is 37.9 Å². The lowest BCUT2D eigenvalue weighted by Crippen LogP contribution is -2.48. The predicted molar refractivity (Wildman–Crippen MR) is 141 cm³/mol. The molecule has 0 spiro atoms. The molecule has 0 bridgehead atoms. The van der Waals surface area contributed by atoms with E-state index in [-0.39, 0.29) is 18.1 Å². The van der Waals surface area contributed by atoms with E-state index in [9.17, 15) is 14.7 Å². The minimum absolute atomic E-state index is 0.125. The lowest BCUT2D eigenvalue weighted by molar-refractivity contribution is -0.122. The summed E-state index contributed by atoms with van der Waals surface area (Å²) in [4.78, 5) is 38.1. The lowest BCUT2D eigenvalue weighted by Gasteiger charge is -2.35. The molecule has 34 heavy (non-hydrogen) atoms. The number of fused-ring (bicyclic) bond motifs is 1. The van der Waals surface area contributed by atoms with Crippen LogP contribution in [0, 0.1) is 6.92 Å².